The molecule has 86 valence electrons. The van der Waals surface area contributed by atoms with Gasteiger partial charge >= 0.3 is 5.97 Å². The summed E-state index contributed by atoms with van der Waals surface area (Å²) in [6.45, 7) is 0.448. The van der Waals surface area contributed by atoms with Crippen molar-refractivity contribution in [3.8, 4) is 5.75 Å². The zero-order valence-electron chi connectivity index (χ0n) is 8.78. The monoisotopic (exact) mass is 224 g/mol. The second kappa shape index (κ2) is 4.51. The van der Waals surface area contributed by atoms with Gasteiger partial charge in [0.1, 0.15) is 0 Å². The molecule has 1 unspecified atom stereocenters. The van der Waals surface area contributed by atoms with E-state index in [-0.39, 0.29) is 18.1 Å². The third-order valence-corrected chi connectivity index (χ3v) is 2.80. The minimum atomic E-state index is -0.859. The number of fused-ring (bicyclic) bond motifs is 1. The minimum absolute atomic E-state index is 0.0276. The van der Waals surface area contributed by atoms with Crippen LogP contribution in [0.15, 0.2) is 18.2 Å². The Bertz CT molecular complexity index is 403. The zero-order chi connectivity index (χ0) is 11.5. The fourth-order valence-electron chi connectivity index (χ4n) is 2.08. The quantitative estimate of drug-likeness (QED) is 0.839. The highest BCUT2D eigenvalue weighted by molar-refractivity contribution is 5.68. The molecule has 0 spiro atoms. The van der Waals surface area contributed by atoms with Crippen LogP contribution in [0, 0.1) is 5.82 Å². The van der Waals surface area contributed by atoms with Gasteiger partial charge in [-0.25, -0.2) is 4.39 Å². The lowest BCUT2D eigenvalue weighted by Crippen LogP contribution is -2.06. The second-order valence-corrected chi connectivity index (χ2v) is 3.94. The number of ether oxygens (including phenoxy) is 1. The molecule has 1 aliphatic heterocycles. The average molecular weight is 224 g/mol. The van der Waals surface area contributed by atoms with Gasteiger partial charge < -0.3 is 9.84 Å². The molecule has 1 atom stereocenters. The molecule has 2 rings (SSSR count). The molecule has 1 aliphatic rings. The second-order valence-electron chi connectivity index (χ2n) is 3.94. The SMILES string of the molecule is O=C(O)CC1CCCOc2c(F)cccc21. The van der Waals surface area contributed by atoms with Gasteiger partial charge in [-0.2, -0.15) is 0 Å². The van der Waals surface area contributed by atoms with Gasteiger partial charge in [0.25, 0.3) is 0 Å². The maximum absolute atomic E-state index is 13.5. The van der Waals surface area contributed by atoms with Crippen molar-refractivity contribution in [3.05, 3.63) is 29.6 Å². The van der Waals surface area contributed by atoms with E-state index in [1.165, 1.54) is 6.07 Å². The maximum Gasteiger partial charge on any atom is 0.303 e. The number of carbonyl (C=O) groups is 1. The van der Waals surface area contributed by atoms with Crippen LogP contribution in [0.4, 0.5) is 4.39 Å². The van der Waals surface area contributed by atoms with E-state index in [1.807, 2.05) is 0 Å². The van der Waals surface area contributed by atoms with Crippen LogP contribution in [-0.2, 0) is 4.79 Å². The summed E-state index contributed by atoms with van der Waals surface area (Å²) in [5.74, 6) is -1.19. The van der Waals surface area contributed by atoms with E-state index < -0.39 is 11.8 Å². The first kappa shape index (κ1) is 10.9. The number of para-hydroxylation sites is 1. The van der Waals surface area contributed by atoms with E-state index in [1.54, 1.807) is 12.1 Å². The Morgan fingerprint density at radius 3 is 3.12 bits per heavy atom. The summed E-state index contributed by atoms with van der Waals surface area (Å²) in [5, 5.41) is 8.82. The normalized spacial score (nSPS) is 19.4. The molecule has 1 heterocycles. The van der Waals surface area contributed by atoms with Gasteiger partial charge in [0, 0.05) is 5.56 Å². The number of hydrogen-bond acceptors (Lipinski definition) is 2. The number of carboxylic acid groups (broad SMARTS) is 1. The van der Waals surface area contributed by atoms with Crippen LogP contribution >= 0.6 is 0 Å². The average Bonchev–Trinajstić information content (AvgIpc) is 2.42. The number of rotatable bonds is 2. The molecule has 0 saturated carbocycles. The first-order chi connectivity index (χ1) is 7.68. The van der Waals surface area contributed by atoms with E-state index >= 15 is 0 Å². The molecular formula is C12H13FO3. The topological polar surface area (TPSA) is 46.5 Å². The van der Waals surface area contributed by atoms with Crippen LogP contribution in [0.5, 0.6) is 5.75 Å². The summed E-state index contributed by atoms with van der Waals surface area (Å²) >= 11 is 0. The van der Waals surface area contributed by atoms with Crippen molar-refractivity contribution in [1.82, 2.24) is 0 Å². The lowest BCUT2D eigenvalue weighted by molar-refractivity contribution is -0.137. The van der Waals surface area contributed by atoms with Gasteiger partial charge in [-0.15, -0.1) is 0 Å². The third-order valence-electron chi connectivity index (χ3n) is 2.80. The highest BCUT2D eigenvalue weighted by atomic mass is 19.1. The highest BCUT2D eigenvalue weighted by Gasteiger charge is 2.23. The van der Waals surface area contributed by atoms with E-state index in [9.17, 15) is 9.18 Å². The lowest BCUT2D eigenvalue weighted by Gasteiger charge is -2.14. The summed E-state index contributed by atoms with van der Waals surface area (Å²) in [7, 11) is 0. The van der Waals surface area contributed by atoms with Gasteiger partial charge in [0.05, 0.1) is 13.0 Å². The molecule has 0 saturated heterocycles. The molecule has 1 aromatic rings. The third kappa shape index (κ3) is 2.15. The van der Waals surface area contributed by atoms with Crippen LogP contribution in [0.25, 0.3) is 0 Å². The summed E-state index contributed by atoms with van der Waals surface area (Å²) in [4.78, 5) is 10.7. The molecule has 0 aromatic heterocycles. The summed E-state index contributed by atoms with van der Waals surface area (Å²) < 4.78 is 18.8. The van der Waals surface area contributed by atoms with Crippen LogP contribution in [0.3, 0.4) is 0 Å². The largest absolute Gasteiger partial charge is 0.490 e. The van der Waals surface area contributed by atoms with Crippen LogP contribution in [0.1, 0.15) is 30.7 Å². The Balaban J connectivity index is 2.36. The van der Waals surface area contributed by atoms with Crippen molar-refractivity contribution >= 4 is 5.97 Å². The molecule has 0 amide bonds. The standard InChI is InChI=1S/C12H13FO3/c13-10-5-1-4-9-8(7-11(14)15)3-2-6-16-12(9)10/h1,4-5,8H,2-3,6-7H2,(H,14,15). The molecule has 0 aliphatic carbocycles. The van der Waals surface area contributed by atoms with Crippen molar-refractivity contribution < 1.29 is 19.0 Å². The molecule has 16 heavy (non-hydrogen) atoms. The maximum atomic E-state index is 13.5. The van der Waals surface area contributed by atoms with Gasteiger partial charge in [-0.1, -0.05) is 12.1 Å². The summed E-state index contributed by atoms with van der Waals surface area (Å²) in [6.07, 6.45) is 1.51. The molecule has 1 aromatic carbocycles. The molecule has 0 radical (unpaired) electrons. The van der Waals surface area contributed by atoms with E-state index in [0.29, 0.717) is 12.2 Å². The lowest BCUT2D eigenvalue weighted by atomic mass is 9.91. The summed E-state index contributed by atoms with van der Waals surface area (Å²) in [6, 6.07) is 4.68. The molecular weight excluding hydrogens is 211 g/mol. The van der Waals surface area contributed by atoms with E-state index in [4.69, 9.17) is 9.84 Å². The van der Waals surface area contributed by atoms with Gasteiger partial charge in [0.15, 0.2) is 11.6 Å². The number of halogens is 1. The Kier molecular flexibility index (Phi) is 3.08. The van der Waals surface area contributed by atoms with Crippen molar-refractivity contribution in [2.45, 2.75) is 25.2 Å². The highest BCUT2D eigenvalue weighted by Crippen LogP contribution is 2.36. The van der Waals surface area contributed by atoms with Crippen LogP contribution < -0.4 is 4.74 Å². The first-order valence-electron chi connectivity index (χ1n) is 5.31. The predicted octanol–water partition coefficient (Wildman–Crippen LogP) is 2.56. The number of carboxylic acids is 1. The Morgan fingerprint density at radius 2 is 2.38 bits per heavy atom. The minimum Gasteiger partial charge on any atom is -0.490 e. The van der Waals surface area contributed by atoms with Crippen LogP contribution in [-0.4, -0.2) is 17.7 Å². The Labute approximate surface area is 92.9 Å². The molecule has 4 heteroatoms. The number of aliphatic carboxylic acids is 1. The predicted molar refractivity (Wildman–Crippen MR) is 56.1 cm³/mol. The van der Waals surface area contributed by atoms with Crippen LogP contribution in [0.2, 0.25) is 0 Å². The first-order valence-corrected chi connectivity index (χ1v) is 5.31. The number of hydrogen-bond donors (Lipinski definition) is 1. The van der Waals surface area contributed by atoms with Gasteiger partial charge in [-0.05, 0) is 24.8 Å². The van der Waals surface area contributed by atoms with Crippen molar-refractivity contribution in [3.63, 3.8) is 0 Å². The van der Waals surface area contributed by atoms with Gasteiger partial charge in [-0.3, -0.25) is 4.79 Å². The van der Waals surface area contributed by atoms with Crippen molar-refractivity contribution in [2.24, 2.45) is 0 Å². The fraction of sp³-hybridized carbons (Fsp3) is 0.417. The summed E-state index contributed by atoms with van der Waals surface area (Å²) in [5.41, 5.74) is 0.680. The number of benzene rings is 1. The fourth-order valence-corrected chi connectivity index (χ4v) is 2.08. The van der Waals surface area contributed by atoms with E-state index in [2.05, 4.69) is 0 Å². The smallest absolute Gasteiger partial charge is 0.303 e. The molecule has 0 fully saturated rings. The van der Waals surface area contributed by atoms with Gasteiger partial charge in [0.2, 0.25) is 0 Å². The van der Waals surface area contributed by atoms with Crippen molar-refractivity contribution in [2.75, 3.05) is 6.61 Å². The van der Waals surface area contributed by atoms with E-state index in [0.717, 1.165) is 12.8 Å². The van der Waals surface area contributed by atoms with Crippen molar-refractivity contribution in [1.29, 1.82) is 0 Å². The Hall–Kier alpha value is -1.58. The molecule has 1 N–H and O–H groups in total. The molecule has 3 nitrogen and oxygen atoms in total. The zero-order valence-corrected chi connectivity index (χ0v) is 8.78. The Morgan fingerprint density at radius 1 is 1.56 bits per heavy atom. The molecule has 0 bridgehead atoms.